The Morgan fingerprint density at radius 1 is 0.931 bits per heavy atom. The van der Waals surface area contributed by atoms with E-state index in [1.165, 1.54) is 11.1 Å². The van der Waals surface area contributed by atoms with E-state index in [1.807, 2.05) is 30.3 Å². The highest BCUT2D eigenvalue weighted by Crippen LogP contribution is 2.28. The number of aliphatic imine (C=N–C) groups is 1. The molecule has 2 aromatic rings. The van der Waals surface area contributed by atoms with Crippen molar-refractivity contribution >= 4 is 5.96 Å². The molecule has 0 bridgehead atoms. The maximum absolute atomic E-state index is 5.47. The number of rotatable bonds is 10. The molecule has 0 radical (unpaired) electrons. The fourth-order valence-corrected chi connectivity index (χ4v) is 3.10. The van der Waals surface area contributed by atoms with Crippen molar-refractivity contribution in [2.45, 2.75) is 26.2 Å². The molecule has 1 atom stereocenters. The first-order chi connectivity index (χ1) is 14.1. The molecule has 2 N–H and O–H groups in total. The van der Waals surface area contributed by atoms with Crippen molar-refractivity contribution in [3.05, 3.63) is 53.6 Å². The molecular weight excluding hydrogens is 366 g/mol. The third-order valence-corrected chi connectivity index (χ3v) is 4.69. The number of nitrogens with one attached hydrogen (secondary N) is 2. The fourth-order valence-electron chi connectivity index (χ4n) is 3.10. The second-order valence-corrected chi connectivity index (χ2v) is 6.73. The van der Waals surface area contributed by atoms with Crippen LogP contribution in [0.4, 0.5) is 0 Å². The first-order valence-corrected chi connectivity index (χ1v) is 9.98. The quantitative estimate of drug-likeness (QED) is 0.472. The van der Waals surface area contributed by atoms with E-state index in [0.717, 1.165) is 42.7 Å². The van der Waals surface area contributed by atoms with E-state index in [2.05, 4.69) is 36.6 Å². The maximum atomic E-state index is 5.47. The number of benzene rings is 2. The highest BCUT2D eigenvalue weighted by Gasteiger charge is 2.11. The normalized spacial score (nSPS) is 12.2. The molecule has 2 rings (SSSR count). The molecule has 6 heteroatoms. The van der Waals surface area contributed by atoms with Crippen LogP contribution in [0.15, 0.2) is 47.5 Å². The molecule has 0 aromatic heterocycles. The predicted octanol–water partition coefficient (Wildman–Crippen LogP) is 3.61. The molecule has 2 aromatic carbocycles. The van der Waals surface area contributed by atoms with Crippen molar-refractivity contribution in [1.82, 2.24) is 10.6 Å². The molecule has 1 unspecified atom stereocenters. The third kappa shape index (κ3) is 6.59. The van der Waals surface area contributed by atoms with Gasteiger partial charge in [-0.1, -0.05) is 31.2 Å². The van der Waals surface area contributed by atoms with Crippen molar-refractivity contribution in [3.63, 3.8) is 0 Å². The van der Waals surface area contributed by atoms with Crippen molar-refractivity contribution in [1.29, 1.82) is 0 Å². The Balaban J connectivity index is 1.95. The number of nitrogens with zero attached hydrogens (tertiary/aromatic N) is 1. The number of methoxy groups -OCH3 is 3. The zero-order valence-corrected chi connectivity index (χ0v) is 18.1. The van der Waals surface area contributed by atoms with Crippen LogP contribution in [0.2, 0.25) is 0 Å². The average Bonchev–Trinajstić information content (AvgIpc) is 2.76. The van der Waals surface area contributed by atoms with Gasteiger partial charge in [0.1, 0.15) is 5.75 Å². The van der Waals surface area contributed by atoms with Crippen LogP contribution in [-0.4, -0.2) is 46.9 Å². The van der Waals surface area contributed by atoms with Gasteiger partial charge in [-0.15, -0.1) is 0 Å². The SMILES string of the molecule is CCNC(=NCC(C)c1ccccc1OC)NCCc1ccc(OC)c(OC)c1. The van der Waals surface area contributed by atoms with Gasteiger partial charge in [-0.25, -0.2) is 0 Å². The second-order valence-electron chi connectivity index (χ2n) is 6.73. The molecule has 0 heterocycles. The Morgan fingerprint density at radius 2 is 1.66 bits per heavy atom. The van der Waals surface area contributed by atoms with E-state index in [0.29, 0.717) is 6.54 Å². The largest absolute Gasteiger partial charge is 0.496 e. The van der Waals surface area contributed by atoms with Gasteiger partial charge in [0.15, 0.2) is 17.5 Å². The smallest absolute Gasteiger partial charge is 0.191 e. The summed E-state index contributed by atoms with van der Waals surface area (Å²) in [5.41, 5.74) is 2.34. The summed E-state index contributed by atoms with van der Waals surface area (Å²) in [6.45, 7) is 6.48. The monoisotopic (exact) mass is 399 g/mol. The van der Waals surface area contributed by atoms with Crippen LogP contribution in [0, 0.1) is 0 Å². The lowest BCUT2D eigenvalue weighted by Crippen LogP contribution is -2.38. The van der Waals surface area contributed by atoms with Crippen LogP contribution in [0.5, 0.6) is 17.2 Å². The first-order valence-electron chi connectivity index (χ1n) is 9.98. The van der Waals surface area contributed by atoms with Gasteiger partial charge >= 0.3 is 0 Å². The minimum absolute atomic E-state index is 0.257. The van der Waals surface area contributed by atoms with Crippen LogP contribution in [0.25, 0.3) is 0 Å². The molecule has 0 spiro atoms. The topological polar surface area (TPSA) is 64.1 Å². The highest BCUT2D eigenvalue weighted by molar-refractivity contribution is 5.79. The van der Waals surface area contributed by atoms with Crippen molar-refractivity contribution in [2.75, 3.05) is 41.0 Å². The van der Waals surface area contributed by atoms with Gasteiger partial charge in [0.25, 0.3) is 0 Å². The fraction of sp³-hybridized carbons (Fsp3) is 0.435. The minimum atomic E-state index is 0.257. The van der Waals surface area contributed by atoms with E-state index < -0.39 is 0 Å². The van der Waals surface area contributed by atoms with E-state index in [1.54, 1.807) is 21.3 Å². The molecule has 158 valence electrons. The average molecular weight is 400 g/mol. The maximum Gasteiger partial charge on any atom is 0.191 e. The summed E-state index contributed by atoms with van der Waals surface area (Å²) < 4.78 is 16.1. The van der Waals surface area contributed by atoms with Crippen molar-refractivity contribution < 1.29 is 14.2 Å². The van der Waals surface area contributed by atoms with Crippen LogP contribution in [0.1, 0.15) is 30.9 Å². The summed E-state index contributed by atoms with van der Waals surface area (Å²) in [6, 6.07) is 14.1. The van der Waals surface area contributed by atoms with Crippen LogP contribution in [-0.2, 0) is 6.42 Å². The van der Waals surface area contributed by atoms with E-state index in [4.69, 9.17) is 19.2 Å². The van der Waals surface area contributed by atoms with Gasteiger partial charge < -0.3 is 24.8 Å². The Morgan fingerprint density at radius 3 is 2.34 bits per heavy atom. The Kier molecular flexibility index (Phi) is 9.15. The lowest BCUT2D eigenvalue weighted by molar-refractivity contribution is 0.354. The van der Waals surface area contributed by atoms with Crippen molar-refractivity contribution in [3.8, 4) is 17.2 Å². The molecule has 0 fully saturated rings. The Bertz CT molecular complexity index is 793. The second kappa shape index (κ2) is 11.8. The van der Waals surface area contributed by atoms with Gasteiger partial charge in [-0.3, -0.25) is 4.99 Å². The molecule has 0 aliphatic carbocycles. The zero-order valence-electron chi connectivity index (χ0n) is 18.1. The number of ether oxygens (including phenoxy) is 3. The summed E-state index contributed by atoms with van der Waals surface area (Å²) in [6.07, 6.45) is 0.854. The molecular formula is C23H33N3O3. The number of hydrogen-bond donors (Lipinski definition) is 2. The molecule has 0 saturated carbocycles. The molecule has 0 amide bonds. The van der Waals surface area contributed by atoms with E-state index >= 15 is 0 Å². The number of para-hydroxylation sites is 1. The lowest BCUT2D eigenvalue weighted by atomic mass is 10.0. The summed E-state index contributed by atoms with van der Waals surface area (Å²) in [5.74, 6) is 3.46. The Hall–Kier alpha value is -2.89. The summed E-state index contributed by atoms with van der Waals surface area (Å²) in [7, 11) is 5.00. The van der Waals surface area contributed by atoms with Crippen molar-refractivity contribution in [2.24, 2.45) is 4.99 Å². The lowest BCUT2D eigenvalue weighted by Gasteiger charge is -2.16. The molecule has 0 aliphatic rings. The van der Waals surface area contributed by atoms with Gasteiger partial charge in [0.05, 0.1) is 21.3 Å². The van der Waals surface area contributed by atoms with Gasteiger partial charge in [-0.05, 0) is 42.7 Å². The standard InChI is InChI=1S/C23H33N3O3/c1-6-24-23(26-16-17(2)19-9-7-8-10-20(19)27-3)25-14-13-18-11-12-21(28-4)22(15-18)29-5/h7-12,15,17H,6,13-14,16H2,1-5H3,(H2,24,25,26). The molecule has 29 heavy (non-hydrogen) atoms. The Labute approximate surface area is 174 Å². The molecule has 0 saturated heterocycles. The van der Waals surface area contributed by atoms with Gasteiger partial charge in [0.2, 0.25) is 0 Å². The number of hydrogen-bond acceptors (Lipinski definition) is 4. The van der Waals surface area contributed by atoms with Gasteiger partial charge in [-0.2, -0.15) is 0 Å². The van der Waals surface area contributed by atoms with E-state index in [9.17, 15) is 0 Å². The summed E-state index contributed by atoms with van der Waals surface area (Å²) >= 11 is 0. The summed E-state index contributed by atoms with van der Waals surface area (Å²) in [4.78, 5) is 4.75. The highest BCUT2D eigenvalue weighted by atomic mass is 16.5. The van der Waals surface area contributed by atoms with E-state index in [-0.39, 0.29) is 5.92 Å². The molecule has 0 aliphatic heterocycles. The van der Waals surface area contributed by atoms with Crippen LogP contribution < -0.4 is 24.8 Å². The minimum Gasteiger partial charge on any atom is -0.496 e. The van der Waals surface area contributed by atoms with Crippen LogP contribution >= 0.6 is 0 Å². The predicted molar refractivity (Wildman–Crippen MR) is 119 cm³/mol. The third-order valence-electron chi connectivity index (χ3n) is 4.69. The molecule has 6 nitrogen and oxygen atoms in total. The summed E-state index contributed by atoms with van der Waals surface area (Å²) in [5, 5.41) is 6.71. The first kappa shape index (κ1) is 22.4. The number of guanidine groups is 1. The van der Waals surface area contributed by atoms with Gasteiger partial charge in [0, 0.05) is 25.6 Å². The van der Waals surface area contributed by atoms with Crippen LogP contribution in [0.3, 0.4) is 0 Å². The zero-order chi connectivity index (χ0) is 21.1.